The Balaban J connectivity index is 1.76. The van der Waals surface area contributed by atoms with Gasteiger partial charge in [-0.25, -0.2) is 12.8 Å². The zero-order valence-electron chi connectivity index (χ0n) is 15.9. The summed E-state index contributed by atoms with van der Waals surface area (Å²) in [5.74, 6) is -2.24. The number of hydrogen-bond donors (Lipinski definition) is 2. The Kier molecular flexibility index (Phi) is 6.29. The summed E-state index contributed by atoms with van der Waals surface area (Å²) in [5.41, 5.74) is 4.71. The molecule has 0 bridgehead atoms. The standard InChI is InChI=1S/C20H22FN3O4S/c1-14-9-10-15(13-18(14)29(27,28)24-11-5-2-6-12-24)19(25)22-23-20(26)16-7-3-4-8-17(16)21/h3-4,7-10,13H,2,5-6,11-12H2,1H3,(H,22,25)(H,23,26). The first-order valence-electron chi connectivity index (χ1n) is 9.27. The second-order valence-corrected chi connectivity index (χ2v) is 8.74. The molecule has 0 unspecified atom stereocenters. The lowest BCUT2D eigenvalue weighted by Gasteiger charge is -2.26. The smallest absolute Gasteiger partial charge is 0.267 e. The van der Waals surface area contributed by atoms with Gasteiger partial charge in [-0.2, -0.15) is 4.31 Å². The van der Waals surface area contributed by atoms with Crippen molar-refractivity contribution < 1.29 is 22.4 Å². The van der Waals surface area contributed by atoms with E-state index in [4.69, 9.17) is 0 Å². The van der Waals surface area contributed by atoms with Crippen molar-refractivity contribution in [2.24, 2.45) is 0 Å². The largest absolute Gasteiger partial charge is 0.272 e. The molecule has 0 aromatic heterocycles. The molecule has 0 radical (unpaired) electrons. The Morgan fingerprint density at radius 1 is 0.966 bits per heavy atom. The van der Waals surface area contributed by atoms with Gasteiger partial charge in [0.2, 0.25) is 10.0 Å². The summed E-state index contributed by atoms with van der Waals surface area (Å²) in [5, 5.41) is 0. The van der Waals surface area contributed by atoms with E-state index in [9.17, 15) is 22.4 Å². The summed E-state index contributed by atoms with van der Waals surface area (Å²) in [7, 11) is -3.71. The highest BCUT2D eigenvalue weighted by Crippen LogP contribution is 2.24. The number of halogens is 1. The van der Waals surface area contributed by atoms with Crippen LogP contribution in [0.5, 0.6) is 0 Å². The summed E-state index contributed by atoms with van der Waals surface area (Å²) in [6, 6.07) is 9.67. The summed E-state index contributed by atoms with van der Waals surface area (Å²) in [6.45, 7) is 2.58. The lowest BCUT2D eigenvalue weighted by Crippen LogP contribution is -2.42. The topological polar surface area (TPSA) is 95.6 Å². The van der Waals surface area contributed by atoms with Crippen LogP contribution in [0, 0.1) is 12.7 Å². The van der Waals surface area contributed by atoms with Crippen LogP contribution < -0.4 is 10.9 Å². The molecule has 1 aliphatic heterocycles. The fourth-order valence-corrected chi connectivity index (χ4v) is 4.93. The van der Waals surface area contributed by atoms with Gasteiger partial charge < -0.3 is 0 Å². The number of benzene rings is 2. The number of hydrogen-bond acceptors (Lipinski definition) is 4. The van der Waals surface area contributed by atoms with E-state index in [1.54, 1.807) is 13.0 Å². The van der Waals surface area contributed by atoms with Crippen LogP contribution in [0.2, 0.25) is 0 Å². The summed E-state index contributed by atoms with van der Waals surface area (Å²) in [6.07, 6.45) is 2.61. The van der Waals surface area contributed by atoms with Gasteiger partial charge >= 0.3 is 0 Å². The summed E-state index contributed by atoms with van der Waals surface area (Å²) < 4.78 is 41.0. The van der Waals surface area contributed by atoms with E-state index in [0.29, 0.717) is 18.7 Å². The number of aryl methyl sites for hydroxylation is 1. The molecule has 2 amide bonds. The third kappa shape index (κ3) is 4.63. The van der Waals surface area contributed by atoms with E-state index in [1.807, 2.05) is 0 Å². The summed E-state index contributed by atoms with van der Waals surface area (Å²) in [4.78, 5) is 24.5. The molecular weight excluding hydrogens is 397 g/mol. The van der Waals surface area contributed by atoms with Gasteiger partial charge in [0.1, 0.15) is 5.82 Å². The Labute approximate surface area is 168 Å². The minimum absolute atomic E-state index is 0.0625. The third-order valence-corrected chi connectivity index (χ3v) is 6.83. The predicted molar refractivity (Wildman–Crippen MR) is 105 cm³/mol. The number of sulfonamides is 1. The quantitative estimate of drug-likeness (QED) is 0.744. The van der Waals surface area contributed by atoms with Crippen LogP contribution in [0.4, 0.5) is 4.39 Å². The molecule has 1 heterocycles. The van der Waals surface area contributed by atoms with Crippen LogP contribution in [0.25, 0.3) is 0 Å². The Bertz CT molecular complexity index is 1030. The van der Waals surface area contributed by atoms with Gasteiger partial charge in [0.05, 0.1) is 10.5 Å². The van der Waals surface area contributed by atoms with Crippen molar-refractivity contribution in [3.63, 3.8) is 0 Å². The highest BCUT2D eigenvalue weighted by molar-refractivity contribution is 7.89. The molecule has 0 spiro atoms. The van der Waals surface area contributed by atoms with Gasteiger partial charge in [0, 0.05) is 18.7 Å². The highest BCUT2D eigenvalue weighted by Gasteiger charge is 2.28. The minimum atomic E-state index is -3.71. The van der Waals surface area contributed by atoms with Crippen molar-refractivity contribution in [2.45, 2.75) is 31.1 Å². The van der Waals surface area contributed by atoms with E-state index in [-0.39, 0.29) is 16.0 Å². The lowest BCUT2D eigenvalue weighted by atomic mass is 10.1. The van der Waals surface area contributed by atoms with E-state index in [2.05, 4.69) is 10.9 Å². The normalized spacial score (nSPS) is 15.0. The first-order valence-corrected chi connectivity index (χ1v) is 10.7. The fourth-order valence-electron chi connectivity index (χ4n) is 3.16. The van der Waals surface area contributed by atoms with Crippen LogP contribution in [0.3, 0.4) is 0 Å². The average molecular weight is 419 g/mol. The average Bonchev–Trinajstić information content (AvgIpc) is 2.73. The number of nitrogens with one attached hydrogen (secondary N) is 2. The predicted octanol–water partition coefficient (Wildman–Crippen LogP) is 2.38. The van der Waals surface area contributed by atoms with Gasteiger partial charge in [0.15, 0.2) is 0 Å². The van der Waals surface area contributed by atoms with Crippen LogP contribution in [-0.2, 0) is 10.0 Å². The van der Waals surface area contributed by atoms with Crippen LogP contribution in [0.1, 0.15) is 45.5 Å². The monoisotopic (exact) mass is 419 g/mol. The lowest BCUT2D eigenvalue weighted by molar-refractivity contribution is 0.0844. The Morgan fingerprint density at radius 2 is 1.62 bits per heavy atom. The molecule has 9 heteroatoms. The first kappa shape index (κ1) is 20.9. The van der Waals surface area contributed by atoms with Crippen LogP contribution in [0.15, 0.2) is 47.4 Å². The van der Waals surface area contributed by atoms with Crippen LogP contribution in [-0.4, -0.2) is 37.6 Å². The fraction of sp³-hybridized carbons (Fsp3) is 0.300. The number of hydrazine groups is 1. The third-order valence-electron chi connectivity index (χ3n) is 4.79. The van der Waals surface area contributed by atoms with Gasteiger partial charge in [0.25, 0.3) is 11.8 Å². The van der Waals surface area contributed by atoms with Gasteiger partial charge in [-0.3, -0.25) is 20.4 Å². The second-order valence-electron chi connectivity index (χ2n) is 6.83. The molecule has 0 aliphatic carbocycles. The molecule has 1 fully saturated rings. The molecule has 29 heavy (non-hydrogen) atoms. The number of carbonyl (C=O) groups is 2. The zero-order chi connectivity index (χ0) is 21.0. The number of piperidine rings is 1. The highest BCUT2D eigenvalue weighted by atomic mass is 32.2. The van der Waals surface area contributed by atoms with E-state index in [0.717, 1.165) is 25.3 Å². The minimum Gasteiger partial charge on any atom is -0.267 e. The molecule has 3 rings (SSSR count). The maximum atomic E-state index is 13.6. The van der Waals surface area contributed by atoms with Crippen molar-refractivity contribution >= 4 is 21.8 Å². The summed E-state index contributed by atoms with van der Waals surface area (Å²) >= 11 is 0. The van der Waals surface area contributed by atoms with Crippen molar-refractivity contribution in [2.75, 3.05) is 13.1 Å². The molecule has 154 valence electrons. The maximum absolute atomic E-state index is 13.6. The Morgan fingerprint density at radius 3 is 2.31 bits per heavy atom. The van der Waals surface area contributed by atoms with Crippen molar-refractivity contribution in [3.05, 3.63) is 65.0 Å². The number of carbonyl (C=O) groups excluding carboxylic acids is 2. The van der Waals surface area contributed by atoms with Gasteiger partial charge in [-0.15, -0.1) is 0 Å². The van der Waals surface area contributed by atoms with E-state index in [1.165, 1.54) is 34.6 Å². The van der Waals surface area contributed by atoms with Gasteiger partial charge in [-0.1, -0.05) is 24.6 Å². The SMILES string of the molecule is Cc1ccc(C(=O)NNC(=O)c2ccccc2F)cc1S(=O)(=O)N1CCCCC1. The van der Waals surface area contributed by atoms with E-state index < -0.39 is 27.7 Å². The van der Waals surface area contributed by atoms with Crippen molar-refractivity contribution in [1.82, 2.24) is 15.2 Å². The maximum Gasteiger partial charge on any atom is 0.272 e. The molecule has 1 aliphatic rings. The molecule has 0 saturated carbocycles. The molecule has 1 saturated heterocycles. The zero-order valence-corrected chi connectivity index (χ0v) is 16.8. The van der Waals surface area contributed by atoms with Crippen LogP contribution >= 0.6 is 0 Å². The molecule has 2 aromatic rings. The number of amides is 2. The van der Waals surface area contributed by atoms with E-state index >= 15 is 0 Å². The second kappa shape index (κ2) is 8.71. The Hall–Kier alpha value is -2.78. The number of rotatable bonds is 4. The molecule has 0 atom stereocenters. The molecule has 7 nitrogen and oxygen atoms in total. The van der Waals surface area contributed by atoms with Gasteiger partial charge in [-0.05, 0) is 49.6 Å². The molecular formula is C20H22FN3O4S. The molecule has 2 aromatic carbocycles. The van der Waals surface area contributed by atoms with Crippen molar-refractivity contribution in [1.29, 1.82) is 0 Å². The first-order chi connectivity index (χ1) is 13.8. The van der Waals surface area contributed by atoms with Crippen molar-refractivity contribution in [3.8, 4) is 0 Å². The molecule has 2 N–H and O–H groups in total. The number of nitrogens with zero attached hydrogens (tertiary/aromatic N) is 1.